The number of carbonyl (C=O) groups is 1. The SMILES string of the molecule is O=C(Nc1ccncc1)C1CCCC1O. The number of nitrogens with zero attached hydrogens (tertiary/aromatic N) is 1. The van der Waals surface area contributed by atoms with Gasteiger partial charge in [0.25, 0.3) is 0 Å². The smallest absolute Gasteiger partial charge is 0.230 e. The monoisotopic (exact) mass is 206 g/mol. The van der Waals surface area contributed by atoms with E-state index in [1.54, 1.807) is 24.5 Å². The Morgan fingerprint density at radius 1 is 1.40 bits per heavy atom. The van der Waals surface area contributed by atoms with Crippen LogP contribution < -0.4 is 5.32 Å². The maximum Gasteiger partial charge on any atom is 0.230 e. The van der Waals surface area contributed by atoms with Gasteiger partial charge in [0.15, 0.2) is 0 Å². The summed E-state index contributed by atoms with van der Waals surface area (Å²) in [5.74, 6) is -0.343. The van der Waals surface area contributed by atoms with Crippen molar-refractivity contribution in [3.8, 4) is 0 Å². The van der Waals surface area contributed by atoms with Crippen LogP contribution in [0.3, 0.4) is 0 Å². The number of amides is 1. The number of rotatable bonds is 2. The zero-order valence-corrected chi connectivity index (χ0v) is 8.39. The van der Waals surface area contributed by atoms with Gasteiger partial charge in [-0.1, -0.05) is 0 Å². The molecule has 0 spiro atoms. The van der Waals surface area contributed by atoms with Gasteiger partial charge in [-0.05, 0) is 31.4 Å². The number of hydrogen-bond acceptors (Lipinski definition) is 3. The quantitative estimate of drug-likeness (QED) is 0.763. The van der Waals surface area contributed by atoms with E-state index in [-0.39, 0.29) is 11.8 Å². The second kappa shape index (κ2) is 4.40. The summed E-state index contributed by atoms with van der Waals surface area (Å²) in [5.41, 5.74) is 0.731. The highest BCUT2D eigenvalue weighted by Gasteiger charge is 2.31. The van der Waals surface area contributed by atoms with Crippen molar-refractivity contribution < 1.29 is 9.90 Å². The lowest BCUT2D eigenvalue weighted by molar-refractivity contribution is -0.122. The summed E-state index contributed by atoms with van der Waals surface area (Å²) in [7, 11) is 0. The number of aliphatic hydroxyl groups excluding tert-OH is 1. The van der Waals surface area contributed by atoms with E-state index in [2.05, 4.69) is 10.3 Å². The molecule has 0 saturated heterocycles. The predicted molar refractivity (Wildman–Crippen MR) is 56.2 cm³/mol. The van der Waals surface area contributed by atoms with Crippen LogP contribution in [0.15, 0.2) is 24.5 Å². The highest BCUT2D eigenvalue weighted by Crippen LogP contribution is 2.26. The molecule has 1 fully saturated rings. The summed E-state index contributed by atoms with van der Waals surface area (Å²) in [5, 5.41) is 12.3. The topological polar surface area (TPSA) is 62.2 Å². The van der Waals surface area contributed by atoms with Gasteiger partial charge in [-0.2, -0.15) is 0 Å². The molecule has 80 valence electrons. The first-order chi connectivity index (χ1) is 7.27. The molecular formula is C11H14N2O2. The van der Waals surface area contributed by atoms with Crippen LogP contribution in [0.4, 0.5) is 5.69 Å². The molecule has 0 radical (unpaired) electrons. The fourth-order valence-corrected chi connectivity index (χ4v) is 1.92. The Morgan fingerprint density at radius 2 is 2.13 bits per heavy atom. The summed E-state index contributed by atoms with van der Waals surface area (Å²) in [6.45, 7) is 0. The third-order valence-electron chi connectivity index (χ3n) is 2.76. The predicted octanol–water partition coefficient (Wildman–Crippen LogP) is 1.18. The lowest BCUT2D eigenvalue weighted by Crippen LogP contribution is -2.28. The first-order valence-electron chi connectivity index (χ1n) is 5.16. The molecule has 2 unspecified atom stereocenters. The van der Waals surface area contributed by atoms with Crippen LogP contribution in [0.2, 0.25) is 0 Å². The van der Waals surface area contributed by atoms with Gasteiger partial charge in [0, 0.05) is 18.1 Å². The molecule has 0 aromatic carbocycles. The molecule has 1 aromatic rings. The number of anilines is 1. The van der Waals surface area contributed by atoms with Crippen LogP contribution in [0.25, 0.3) is 0 Å². The molecule has 2 atom stereocenters. The van der Waals surface area contributed by atoms with Gasteiger partial charge < -0.3 is 10.4 Å². The number of nitrogens with one attached hydrogen (secondary N) is 1. The minimum Gasteiger partial charge on any atom is -0.392 e. The zero-order valence-electron chi connectivity index (χ0n) is 8.39. The Kier molecular flexibility index (Phi) is 2.97. The molecule has 15 heavy (non-hydrogen) atoms. The highest BCUT2D eigenvalue weighted by atomic mass is 16.3. The standard InChI is InChI=1S/C11H14N2O2/c14-10-3-1-2-9(10)11(15)13-8-4-6-12-7-5-8/h4-7,9-10,14H,1-3H2,(H,12,13,15). The van der Waals surface area contributed by atoms with Crippen LogP contribution in [0.1, 0.15) is 19.3 Å². The van der Waals surface area contributed by atoms with E-state index in [1.807, 2.05) is 0 Å². The van der Waals surface area contributed by atoms with Crippen molar-refractivity contribution in [1.82, 2.24) is 4.98 Å². The Balaban J connectivity index is 1.98. The first kappa shape index (κ1) is 10.1. The molecule has 4 nitrogen and oxygen atoms in total. The number of pyridine rings is 1. The molecule has 1 amide bonds. The number of aliphatic hydroxyl groups is 1. The van der Waals surface area contributed by atoms with E-state index in [1.165, 1.54) is 0 Å². The Hall–Kier alpha value is -1.42. The van der Waals surface area contributed by atoms with Crippen LogP contribution in [-0.2, 0) is 4.79 Å². The molecule has 1 heterocycles. The minimum atomic E-state index is -0.480. The molecule has 2 N–H and O–H groups in total. The van der Waals surface area contributed by atoms with Crippen molar-refractivity contribution in [2.45, 2.75) is 25.4 Å². The van der Waals surface area contributed by atoms with Gasteiger partial charge in [0.05, 0.1) is 12.0 Å². The van der Waals surface area contributed by atoms with Gasteiger partial charge in [-0.15, -0.1) is 0 Å². The fourth-order valence-electron chi connectivity index (χ4n) is 1.92. The third kappa shape index (κ3) is 2.33. The van der Waals surface area contributed by atoms with Crippen molar-refractivity contribution in [3.05, 3.63) is 24.5 Å². The molecule has 0 bridgehead atoms. The summed E-state index contributed by atoms with van der Waals surface area (Å²) in [6, 6.07) is 3.47. The Labute approximate surface area is 88.3 Å². The number of hydrogen-bond donors (Lipinski definition) is 2. The van der Waals surface area contributed by atoms with E-state index in [4.69, 9.17) is 0 Å². The molecular weight excluding hydrogens is 192 g/mol. The molecule has 1 aliphatic carbocycles. The Bertz CT molecular complexity index is 340. The van der Waals surface area contributed by atoms with Crippen LogP contribution in [0.5, 0.6) is 0 Å². The fraction of sp³-hybridized carbons (Fsp3) is 0.455. The maximum atomic E-state index is 11.7. The van der Waals surface area contributed by atoms with E-state index < -0.39 is 6.10 Å². The summed E-state index contributed by atoms with van der Waals surface area (Å²) < 4.78 is 0. The van der Waals surface area contributed by atoms with E-state index >= 15 is 0 Å². The van der Waals surface area contributed by atoms with Gasteiger partial charge in [-0.25, -0.2) is 0 Å². The molecule has 2 rings (SSSR count). The summed E-state index contributed by atoms with van der Waals surface area (Å²) >= 11 is 0. The number of carbonyl (C=O) groups excluding carboxylic acids is 1. The molecule has 4 heteroatoms. The van der Waals surface area contributed by atoms with Gasteiger partial charge in [-0.3, -0.25) is 9.78 Å². The van der Waals surface area contributed by atoms with Crippen molar-refractivity contribution in [1.29, 1.82) is 0 Å². The highest BCUT2D eigenvalue weighted by molar-refractivity contribution is 5.92. The normalized spacial score (nSPS) is 25.1. The first-order valence-corrected chi connectivity index (χ1v) is 5.16. The van der Waals surface area contributed by atoms with Gasteiger partial charge >= 0.3 is 0 Å². The summed E-state index contributed by atoms with van der Waals surface area (Å²) in [4.78, 5) is 15.6. The van der Waals surface area contributed by atoms with Crippen molar-refractivity contribution in [2.24, 2.45) is 5.92 Å². The van der Waals surface area contributed by atoms with Gasteiger partial charge in [0.2, 0.25) is 5.91 Å². The molecule has 1 aliphatic rings. The number of aromatic nitrogens is 1. The average Bonchev–Trinajstić information content (AvgIpc) is 2.66. The van der Waals surface area contributed by atoms with E-state index in [9.17, 15) is 9.90 Å². The van der Waals surface area contributed by atoms with Crippen LogP contribution >= 0.6 is 0 Å². The minimum absolute atomic E-state index is 0.0915. The van der Waals surface area contributed by atoms with Crippen LogP contribution in [0, 0.1) is 5.92 Å². The lowest BCUT2D eigenvalue weighted by Gasteiger charge is -2.13. The molecule has 1 saturated carbocycles. The molecule has 0 aliphatic heterocycles. The summed E-state index contributed by atoms with van der Waals surface area (Å²) in [6.07, 6.45) is 5.20. The lowest BCUT2D eigenvalue weighted by atomic mass is 10.1. The molecule has 1 aromatic heterocycles. The maximum absolute atomic E-state index is 11.7. The van der Waals surface area contributed by atoms with E-state index in [0.29, 0.717) is 0 Å². The Morgan fingerprint density at radius 3 is 2.73 bits per heavy atom. The van der Waals surface area contributed by atoms with Crippen molar-refractivity contribution in [3.63, 3.8) is 0 Å². The van der Waals surface area contributed by atoms with Gasteiger partial charge in [0.1, 0.15) is 0 Å². The zero-order chi connectivity index (χ0) is 10.7. The second-order valence-corrected chi connectivity index (χ2v) is 3.83. The van der Waals surface area contributed by atoms with Crippen molar-refractivity contribution in [2.75, 3.05) is 5.32 Å². The third-order valence-corrected chi connectivity index (χ3v) is 2.76. The van der Waals surface area contributed by atoms with Crippen molar-refractivity contribution >= 4 is 11.6 Å². The average molecular weight is 206 g/mol. The van der Waals surface area contributed by atoms with Crippen LogP contribution in [-0.4, -0.2) is 22.1 Å². The second-order valence-electron chi connectivity index (χ2n) is 3.83. The largest absolute Gasteiger partial charge is 0.392 e. The van der Waals surface area contributed by atoms with E-state index in [0.717, 1.165) is 24.9 Å².